The van der Waals surface area contributed by atoms with Gasteiger partial charge in [-0.3, -0.25) is 5.32 Å². The monoisotopic (exact) mass is 237 g/mol. The lowest BCUT2D eigenvalue weighted by molar-refractivity contribution is 0.0282. The smallest absolute Gasteiger partial charge is 0.410 e. The van der Waals surface area contributed by atoms with Gasteiger partial charge in [-0.25, -0.2) is 4.79 Å². The van der Waals surface area contributed by atoms with Crippen LogP contribution in [0.2, 0.25) is 0 Å². The second-order valence-corrected chi connectivity index (χ2v) is 5.84. The predicted octanol–water partition coefficient (Wildman–Crippen LogP) is 1.11. The summed E-state index contributed by atoms with van der Waals surface area (Å²) in [6.07, 6.45) is 0.586. The molecule has 0 spiro atoms. The molecule has 0 radical (unpaired) electrons. The Kier molecular flexibility index (Phi) is 3.00. The SMILES string of the molecule is CC(C)(C)OC(=O)N1CC2CC(C#N)NC2C1. The average Bonchev–Trinajstić information content (AvgIpc) is 2.70. The molecule has 1 N–H and O–H groups in total. The van der Waals surface area contributed by atoms with E-state index in [0.717, 1.165) is 6.42 Å². The molecule has 17 heavy (non-hydrogen) atoms. The number of hydrogen-bond donors (Lipinski definition) is 1. The molecule has 94 valence electrons. The van der Waals surface area contributed by atoms with Gasteiger partial charge in [0, 0.05) is 19.1 Å². The van der Waals surface area contributed by atoms with Crippen molar-refractivity contribution >= 4 is 6.09 Å². The Morgan fingerprint density at radius 3 is 2.71 bits per heavy atom. The van der Waals surface area contributed by atoms with E-state index < -0.39 is 5.60 Å². The molecule has 2 fully saturated rings. The van der Waals surface area contributed by atoms with Gasteiger partial charge in [0.2, 0.25) is 0 Å². The van der Waals surface area contributed by atoms with Crippen molar-refractivity contribution in [1.29, 1.82) is 5.26 Å². The van der Waals surface area contributed by atoms with E-state index in [4.69, 9.17) is 10.00 Å². The number of carbonyl (C=O) groups excluding carboxylic acids is 1. The van der Waals surface area contributed by atoms with E-state index in [-0.39, 0.29) is 18.2 Å². The summed E-state index contributed by atoms with van der Waals surface area (Å²) in [6.45, 7) is 6.95. The molecule has 2 heterocycles. The first-order valence-corrected chi connectivity index (χ1v) is 6.02. The van der Waals surface area contributed by atoms with Crippen molar-refractivity contribution in [3.63, 3.8) is 0 Å². The molecule has 2 aliphatic rings. The predicted molar refractivity (Wildman–Crippen MR) is 62.2 cm³/mol. The normalized spacial score (nSPS) is 32.1. The fourth-order valence-corrected chi connectivity index (χ4v) is 2.49. The van der Waals surface area contributed by atoms with Crippen LogP contribution in [0.25, 0.3) is 0 Å². The maximum atomic E-state index is 11.9. The van der Waals surface area contributed by atoms with E-state index >= 15 is 0 Å². The molecule has 2 saturated heterocycles. The molecule has 2 aliphatic heterocycles. The lowest BCUT2D eigenvalue weighted by Crippen LogP contribution is -2.39. The number of amides is 1. The van der Waals surface area contributed by atoms with Crippen LogP contribution < -0.4 is 5.32 Å². The third kappa shape index (κ3) is 2.70. The second-order valence-electron chi connectivity index (χ2n) is 5.84. The maximum Gasteiger partial charge on any atom is 0.410 e. The van der Waals surface area contributed by atoms with Crippen molar-refractivity contribution in [1.82, 2.24) is 10.2 Å². The molecule has 0 bridgehead atoms. The van der Waals surface area contributed by atoms with Crippen molar-refractivity contribution in [2.75, 3.05) is 13.1 Å². The number of likely N-dealkylation sites (tertiary alicyclic amines) is 1. The summed E-state index contributed by atoms with van der Waals surface area (Å²) < 4.78 is 5.33. The zero-order valence-corrected chi connectivity index (χ0v) is 10.6. The van der Waals surface area contributed by atoms with Crippen molar-refractivity contribution < 1.29 is 9.53 Å². The number of rotatable bonds is 0. The fraction of sp³-hybridized carbons (Fsp3) is 0.833. The highest BCUT2D eigenvalue weighted by Gasteiger charge is 2.43. The molecule has 3 unspecified atom stereocenters. The summed E-state index contributed by atoms with van der Waals surface area (Å²) in [5, 5.41) is 12.1. The zero-order chi connectivity index (χ0) is 12.6. The Bertz CT molecular complexity index is 342. The molecule has 2 rings (SSSR count). The third-order valence-electron chi connectivity index (χ3n) is 3.20. The highest BCUT2D eigenvalue weighted by molar-refractivity contribution is 5.68. The largest absolute Gasteiger partial charge is 0.444 e. The topological polar surface area (TPSA) is 65.4 Å². The van der Waals surface area contributed by atoms with E-state index in [1.165, 1.54) is 0 Å². The number of nitriles is 1. The van der Waals surface area contributed by atoms with Crippen LogP contribution in [0.15, 0.2) is 0 Å². The highest BCUT2D eigenvalue weighted by atomic mass is 16.6. The number of nitrogens with one attached hydrogen (secondary N) is 1. The van der Waals surface area contributed by atoms with Crippen LogP contribution in [0.5, 0.6) is 0 Å². The van der Waals surface area contributed by atoms with Crippen LogP contribution in [0, 0.1) is 17.2 Å². The van der Waals surface area contributed by atoms with Gasteiger partial charge in [0.15, 0.2) is 0 Å². The first kappa shape index (κ1) is 12.2. The van der Waals surface area contributed by atoms with E-state index in [1.54, 1.807) is 4.90 Å². The van der Waals surface area contributed by atoms with Crippen LogP contribution in [0.3, 0.4) is 0 Å². The number of carbonyl (C=O) groups is 1. The first-order valence-electron chi connectivity index (χ1n) is 6.02. The van der Waals surface area contributed by atoms with Crippen LogP contribution in [0.1, 0.15) is 27.2 Å². The second kappa shape index (κ2) is 4.19. The van der Waals surface area contributed by atoms with Gasteiger partial charge in [-0.1, -0.05) is 0 Å². The number of hydrogen-bond acceptors (Lipinski definition) is 4. The number of ether oxygens (including phenoxy) is 1. The maximum absolute atomic E-state index is 11.9. The quantitative estimate of drug-likeness (QED) is 0.685. The Morgan fingerprint density at radius 2 is 2.18 bits per heavy atom. The van der Waals surface area contributed by atoms with Crippen molar-refractivity contribution in [2.45, 2.75) is 44.9 Å². The number of nitrogens with zero attached hydrogens (tertiary/aromatic N) is 2. The molecule has 0 aromatic carbocycles. The lowest BCUT2D eigenvalue weighted by atomic mass is 10.0. The summed E-state index contributed by atoms with van der Waals surface area (Å²) in [5.41, 5.74) is -0.447. The third-order valence-corrected chi connectivity index (χ3v) is 3.20. The van der Waals surface area contributed by atoms with E-state index in [1.807, 2.05) is 20.8 Å². The fourth-order valence-electron chi connectivity index (χ4n) is 2.49. The minimum Gasteiger partial charge on any atom is -0.444 e. The molecule has 5 heteroatoms. The van der Waals surface area contributed by atoms with Crippen LogP contribution in [0.4, 0.5) is 4.79 Å². The van der Waals surface area contributed by atoms with E-state index in [0.29, 0.717) is 19.0 Å². The van der Waals surface area contributed by atoms with Gasteiger partial charge >= 0.3 is 6.09 Å². The van der Waals surface area contributed by atoms with Gasteiger partial charge in [-0.15, -0.1) is 0 Å². The van der Waals surface area contributed by atoms with Crippen molar-refractivity contribution in [3.05, 3.63) is 0 Å². The molecule has 0 aromatic rings. The molecule has 0 aromatic heterocycles. The summed E-state index contributed by atoms with van der Waals surface area (Å²) in [6, 6.07) is 2.44. The standard InChI is InChI=1S/C12H19N3O2/c1-12(2,3)17-11(16)15-6-8-4-9(5-13)14-10(8)7-15/h8-10,14H,4,6-7H2,1-3H3. The van der Waals surface area contributed by atoms with Gasteiger partial charge < -0.3 is 9.64 Å². The van der Waals surface area contributed by atoms with Crippen LogP contribution in [-0.2, 0) is 4.74 Å². The molecule has 3 atom stereocenters. The molecule has 5 nitrogen and oxygen atoms in total. The Balaban J connectivity index is 1.89. The van der Waals surface area contributed by atoms with E-state index in [9.17, 15) is 4.79 Å². The molecule has 1 amide bonds. The van der Waals surface area contributed by atoms with Crippen molar-refractivity contribution in [2.24, 2.45) is 5.92 Å². The lowest BCUT2D eigenvalue weighted by Gasteiger charge is -2.25. The van der Waals surface area contributed by atoms with Crippen LogP contribution in [-0.4, -0.2) is 41.8 Å². The molecular weight excluding hydrogens is 218 g/mol. The Morgan fingerprint density at radius 1 is 1.47 bits per heavy atom. The minimum absolute atomic E-state index is 0.0502. The molecule has 0 saturated carbocycles. The van der Waals surface area contributed by atoms with Crippen LogP contribution >= 0.6 is 0 Å². The first-order chi connectivity index (χ1) is 7.89. The summed E-state index contributed by atoms with van der Waals surface area (Å²) >= 11 is 0. The van der Waals surface area contributed by atoms with Crippen molar-refractivity contribution in [3.8, 4) is 6.07 Å². The van der Waals surface area contributed by atoms with Gasteiger partial charge in [-0.2, -0.15) is 5.26 Å². The summed E-state index contributed by atoms with van der Waals surface area (Å²) in [7, 11) is 0. The van der Waals surface area contributed by atoms with Gasteiger partial charge in [0.25, 0.3) is 0 Å². The van der Waals surface area contributed by atoms with Gasteiger partial charge in [-0.05, 0) is 33.1 Å². The Labute approximate surface area is 102 Å². The summed E-state index contributed by atoms with van der Waals surface area (Å²) in [4.78, 5) is 13.6. The molecular formula is C12H19N3O2. The van der Waals surface area contributed by atoms with Gasteiger partial charge in [0.1, 0.15) is 5.60 Å². The van der Waals surface area contributed by atoms with Gasteiger partial charge in [0.05, 0.1) is 12.1 Å². The Hall–Kier alpha value is -1.28. The summed E-state index contributed by atoms with van der Waals surface area (Å²) in [5.74, 6) is 0.396. The van der Waals surface area contributed by atoms with E-state index in [2.05, 4.69) is 11.4 Å². The molecule has 0 aliphatic carbocycles. The number of fused-ring (bicyclic) bond motifs is 1. The minimum atomic E-state index is -0.447. The zero-order valence-electron chi connectivity index (χ0n) is 10.6. The average molecular weight is 237 g/mol. The highest BCUT2D eigenvalue weighted by Crippen LogP contribution is 2.28.